The Hall–Kier alpha value is -3.63. The van der Waals surface area contributed by atoms with Crippen LogP contribution < -0.4 is 5.73 Å². The van der Waals surface area contributed by atoms with E-state index < -0.39 is 10.8 Å². The van der Waals surface area contributed by atoms with Gasteiger partial charge in [-0.05, 0) is 29.2 Å². The third-order valence-electron chi connectivity index (χ3n) is 5.42. The number of ether oxygens (including phenoxy) is 1. The molecule has 0 saturated carbocycles. The fourth-order valence-corrected chi connectivity index (χ4v) is 4.22. The highest BCUT2D eigenvalue weighted by molar-refractivity contribution is 6.30. The van der Waals surface area contributed by atoms with E-state index in [4.69, 9.17) is 22.1 Å². The van der Waals surface area contributed by atoms with Crippen LogP contribution in [0, 0.1) is 21.4 Å². The molecule has 0 spiro atoms. The molecule has 150 valence electrons. The van der Waals surface area contributed by atoms with Crippen LogP contribution in [0.2, 0.25) is 5.02 Å². The first kappa shape index (κ1) is 19.7. The van der Waals surface area contributed by atoms with Crippen LogP contribution in [-0.2, 0) is 9.53 Å². The fraction of sp³-hybridized carbons (Fsp3) is 0.182. The highest BCUT2D eigenvalue weighted by Gasteiger charge is 2.41. The number of nitro benzene ring substituents is 1. The number of hydrogen-bond donors (Lipinski definition) is 1. The van der Waals surface area contributed by atoms with E-state index in [1.54, 1.807) is 18.2 Å². The van der Waals surface area contributed by atoms with E-state index in [2.05, 4.69) is 0 Å². The molecule has 4 rings (SSSR count). The van der Waals surface area contributed by atoms with Crippen LogP contribution >= 0.6 is 11.6 Å². The summed E-state index contributed by atoms with van der Waals surface area (Å²) in [6, 6.07) is 15.1. The number of halogens is 1. The highest BCUT2D eigenvalue weighted by Crippen LogP contribution is 2.47. The van der Waals surface area contributed by atoms with Gasteiger partial charge in [-0.25, -0.2) is 0 Å². The standard InChI is InChI=1S/C22H16ClN3O4/c23-15-3-1-2-13(8-15)14-9-18(27)21-19(10-14)30-22(25)17(11-24)20(21)12-4-6-16(7-5-12)26(28)29/h1-8,14,20H,9-10,25H2/t14-,20+/m0/s1. The van der Waals surface area contributed by atoms with Gasteiger partial charge in [0, 0.05) is 35.6 Å². The van der Waals surface area contributed by atoms with Gasteiger partial charge >= 0.3 is 0 Å². The SMILES string of the molecule is N#CC1=C(N)OC2=C(C(=O)C[C@H](c3cccc(Cl)c3)C2)[C@@H]1c1ccc([N+](=O)[O-])cc1. The molecule has 8 heteroatoms. The van der Waals surface area contributed by atoms with Crippen LogP contribution in [0.4, 0.5) is 5.69 Å². The number of benzene rings is 2. The zero-order chi connectivity index (χ0) is 21.4. The Morgan fingerprint density at radius 2 is 1.90 bits per heavy atom. The van der Waals surface area contributed by atoms with Gasteiger partial charge < -0.3 is 10.5 Å². The number of hydrogen-bond acceptors (Lipinski definition) is 6. The third kappa shape index (κ3) is 3.42. The van der Waals surface area contributed by atoms with E-state index in [9.17, 15) is 20.2 Å². The van der Waals surface area contributed by atoms with Crippen LogP contribution in [-0.4, -0.2) is 10.7 Å². The predicted octanol–water partition coefficient (Wildman–Crippen LogP) is 4.46. The Kier molecular flexibility index (Phi) is 5.02. The number of nitrogens with two attached hydrogens (primary N) is 1. The molecule has 1 heterocycles. The van der Waals surface area contributed by atoms with Crippen molar-refractivity contribution < 1.29 is 14.5 Å². The lowest BCUT2D eigenvalue weighted by molar-refractivity contribution is -0.384. The smallest absolute Gasteiger partial charge is 0.269 e. The minimum absolute atomic E-state index is 0.0563. The monoisotopic (exact) mass is 421 g/mol. The van der Waals surface area contributed by atoms with Crippen LogP contribution in [0.5, 0.6) is 0 Å². The summed E-state index contributed by atoms with van der Waals surface area (Å²) in [4.78, 5) is 23.6. The molecule has 1 aliphatic carbocycles. The first-order chi connectivity index (χ1) is 14.4. The van der Waals surface area contributed by atoms with E-state index in [1.165, 1.54) is 12.1 Å². The zero-order valence-electron chi connectivity index (χ0n) is 15.7. The number of nitrogens with zero attached hydrogens (tertiary/aromatic N) is 2. The lowest BCUT2D eigenvalue weighted by Gasteiger charge is -2.34. The number of nitro groups is 1. The molecule has 1 aliphatic heterocycles. The molecule has 0 unspecified atom stereocenters. The first-order valence-electron chi connectivity index (χ1n) is 9.22. The van der Waals surface area contributed by atoms with Crippen molar-refractivity contribution in [1.82, 2.24) is 0 Å². The second kappa shape index (κ2) is 7.65. The van der Waals surface area contributed by atoms with Gasteiger partial charge in [0.1, 0.15) is 17.4 Å². The summed E-state index contributed by atoms with van der Waals surface area (Å²) in [6.45, 7) is 0. The number of ketones is 1. The van der Waals surface area contributed by atoms with Crippen LogP contribution in [0.15, 0.2) is 71.3 Å². The summed E-state index contributed by atoms with van der Waals surface area (Å²) in [6.07, 6.45) is 0.676. The number of nitriles is 1. The summed E-state index contributed by atoms with van der Waals surface area (Å²) >= 11 is 6.10. The molecule has 0 aromatic heterocycles. The average molecular weight is 422 g/mol. The van der Waals surface area contributed by atoms with E-state index in [0.717, 1.165) is 5.56 Å². The number of non-ortho nitro benzene ring substituents is 1. The molecular formula is C22H16ClN3O4. The normalized spacial score (nSPS) is 21.0. The summed E-state index contributed by atoms with van der Waals surface area (Å²) in [5.74, 6) is -0.615. The Bertz CT molecular complexity index is 1160. The quantitative estimate of drug-likeness (QED) is 0.577. The van der Waals surface area contributed by atoms with Gasteiger partial charge in [0.2, 0.25) is 5.88 Å². The molecule has 2 atom stereocenters. The first-order valence-corrected chi connectivity index (χ1v) is 9.60. The number of carbonyl (C=O) groups is 1. The maximum absolute atomic E-state index is 13.2. The maximum Gasteiger partial charge on any atom is 0.269 e. The van der Waals surface area contributed by atoms with Crippen molar-refractivity contribution in [1.29, 1.82) is 5.26 Å². The van der Waals surface area contributed by atoms with E-state index in [-0.39, 0.29) is 35.3 Å². The van der Waals surface area contributed by atoms with Crippen molar-refractivity contribution in [2.24, 2.45) is 5.73 Å². The second-order valence-electron chi connectivity index (χ2n) is 7.19. The summed E-state index contributed by atoms with van der Waals surface area (Å²) in [5, 5.41) is 21.2. The van der Waals surface area contributed by atoms with Gasteiger partial charge in [0.15, 0.2) is 5.78 Å². The molecule has 7 nitrogen and oxygen atoms in total. The average Bonchev–Trinajstić information content (AvgIpc) is 2.72. The second-order valence-corrected chi connectivity index (χ2v) is 7.63. The summed E-state index contributed by atoms with van der Waals surface area (Å²) in [7, 11) is 0. The van der Waals surface area contributed by atoms with Crippen molar-refractivity contribution in [3.05, 3.63) is 97.6 Å². The molecular weight excluding hydrogens is 406 g/mol. The van der Waals surface area contributed by atoms with Crippen molar-refractivity contribution in [2.45, 2.75) is 24.7 Å². The summed E-state index contributed by atoms with van der Waals surface area (Å²) in [5.41, 5.74) is 7.94. The van der Waals surface area contributed by atoms with Crippen molar-refractivity contribution in [3.8, 4) is 6.07 Å². The van der Waals surface area contributed by atoms with Crippen molar-refractivity contribution in [3.63, 3.8) is 0 Å². The minimum atomic E-state index is -0.715. The summed E-state index contributed by atoms with van der Waals surface area (Å²) < 4.78 is 5.71. The Labute approximate surface area is 177 Å². The van der Waals surface area contributed by atoms with Crippen LogP contribution in [0.25, 0.3) is 0 Å². The molecule has 30 heavy (non-hydrogen) atoms. The molecule has 0 bridgehead atoms. The van der Waals surface area contributed by atoms with Gasteiger partial charge in [-0.15, -0.1) is 0 Å². The largest absolute Gasteiger partial charge is 0.444 e. The molecule has 2 N–H and O–H groups in total. The number of rotatable bonds is 3. The van der Waals surface area contributed by atoms with E-state index >= 15 is 0 Å². The number of carbonyl (C=O) groups excluding carboxylic acids is 1. The lowest BCUT2D eigenvalue weighted by atomic mass is 9.73. The molecule has 0 fully saturated rings. The van der Waals surface area contributed by atoms with Crippen LogP contribution in [0.1, 0.15) is 35.8 Å². The van der Waals surface area contributed by atoms with Gasteiger partial charge in [0.25, 0.3) is 5.69 Å². The fourth-order valence-electron chi connectivity index (χ4n) is 4.03. The molecule has 2 aliphatic rings. The van der Waals surface area contributed by atoms with Crippen LogP contribution in [0.3, 0.4) is 0 Å². The Morgan fingerprint density at radius 1 is 1.17 bits per heavy atom. The van der Waals surface area contributed by atoms with Gasteiger partial charge in [-0.3, -0.25) is 14.9 Å². The van der Waals surface area contributed by atoms with Crippen molar-refractivity contribution >= 4 is 23.1 Å². The predicted molar refractivity (Wildman–Crippen MR) is 109 cm³/mol. The topological polar surface area (TPSA) is 119 Å². The minimum Gasteiger partial charge on any atom is -0.444 e. The lowest BCUT2D eigenvalue weighted by Crippen LogP contribution is -2.29. The third-order valence-corrected chi connectivity index (χ3v) is 5.65. The molecule has 0 saturated heterocycles. The number of allylic oxidation sites excluding steroid dienone is 3. The molecule has 0 amide bonds. The maximum atomic E-state index is 13.2. The van der Waals surface area contributed by atoms with E-state index in [1.807, 2.05) is 24.3 Å². The molecule has 2 aromatic rings. The van der Waals surface area contributed by atoms with E-state index in [0.29, 0.717) is 28.3 Å². The zero-order valence-corrected chi connectivity index (χ0v) is 16.4. The molecule has 2 aromatic carbocycles. The van der Waals surface area contributed by atoms with Crippen molar-refractivity contribution in [2.75, 3.05) is 0 Å². The Balaban J connectivity index is 1.77. The van der Waals surface area contributed by atoms with Gasteiger partial charge in [-0.1, -0.05) is 35.9 Å². The van der Waals surface area contributed by atoms with Gasteiger partial charge in [0.05, 0.1) is 10.8 Å². The number of Topliss-reactive ketones (excluding diaryl/α,β-unsaturated/α-hetero) is 1. The highest BCUT2D eigenvalue weighted by atomic mass is 35.5. The molecule has 0 radical (unpaired) electrons. The van der Waals surface area contributed by atoms with Gasteiger partial charge in [-0.2, -0.15) is 5.26 Å². The Morgan fingerprint density at radius 3 is 2.53 bits per heavy atom.